The number of halogens is 1. The highest BCUT2D eigenvalue weighted by Crippen LogP contribution is 2.29. The summed E-state index contributed by atoms with van der Waals surface area (Å²) in [6.45, 7) is 9.89. The smallest absolute Gasteiger partial charge is 0.319 e. The molecule has 1 aromatic rings. The van der Waals surface area contributed by atoms with Crippen molar-refractivity contribution in [3.8, 4) is 0 Å². The Morgan fingerprint density at radius 2 is 1.96 bits per heavy atom. The van der Waals surface area contributed by atoms with Crippen molar-refractivity contribution in [2.45, 2.75) is 38.6 Å². The van der Waals surface area contributed by atoms with Crippen LogP contribution in [0.2, 0.25) is 0 Å². The van der Waals surface area contributed by atoms with Crippen molar-refractivity contribution < 1.29 is 9.32 Å². The van der Waals surface area contributed by atoms with Gasteiger partial charge in [0.25, 0.3) is 0 Å². The average molecular weight is 387 g/mol. The largest absolute Gasteiger partial charge is 0.339 e. The van der Waals surface area contributed by atoms with Gasteiger partial charge >= 0.3 is 6.03 Å². The van der Waals surface area contributed by atoms with Crippen LogP contribution < -0.4 is 5.32 Å². The number of hydrogen-bond donors (Lipinski definition) is 1. The Balaban J connectivity index is 0.00000243. The topological polar surface area (TPSA) is 77.7 Å². The van der Waals surface area contributed by atoms with Crippen molar-refractivity contribution in [3.63, 3.8) is 0 Å². The van der Waals surface area contributed by atoms with Gasteiger partial charge in [0.15, 0.2) is 5.82 Å². The first-order valence-electron chi connectivity index (χ1n) is 9.42. The number of urea groups is 1. The van der Waals surface area contributed by atoms with Crippen LogP contribution in [0.15, 0.2) is 4.52 Å². The minimum Gasteiger partial charge on any atom is -0.339 e. The Morgan fingerprint density at radius 3 is 2.58 bits per heavy atom. The molecule has 3 rings (SSSR count). The third kappa shape index (κ3) is 4.47. The zero-order valence-electron chi connectivity index (χ0n) is 16.0. The second kappa shape index (κ2) is 9.53. The minimum atomic E-state index is 0. The molecule has 1 atom stereocenters. The Kier molecular flexibility index (Phi) is 7.67. The van der Waals surface area contributed by atoms with Gasteiger partial charge in [-0.1, -0.05) is 5.16 Å². The number of nitrogens with one attached hydrogen (secondary N) is 1. The lowest BCUT2D eigenvalue weighted by Crippen LogP contribution is -2.46. The molecule has 1 unspecified atom stereocenters. The second-order valence-electron chi connectivity index (χ2n) is 6.91. The van der Waals surface area contributed by atoms with E-state index >= 15 is 0 Å². The summed E-state index contributed by atoms with van der Waals surface area (Å²) in [5, 5.41) is 7.60. The van der Waals surface area contributed by atoms with Crippen molar-refractivity contribution in [3.05, 3.63) is 11.7 Å². The third-order valence-corrected chi connectivity index (χ3v) is 5.42. The Labute approximate surface area is 161 Å². The molecule has 26 heavy (non-hydrogen) atoms. The van der Waals surface area contributed by atoms with Crippen LogP contribution in [0.5, 0.6) is 0 Å². The Hall–Kier alpha value is -1.38. The molecule has 3 heterocycles. The highest BCUT2D eigenvalue weighted by Gasteiger charge is 2.31. The number of carbonyl (C=O) groups excluding carboxylic acids is 1. The number of piperidine rings is 1. The summed E-state index contributed by atoms with van der Waals surface area (Å²) < 4.78 is 5.56. The molecule has 0 aromatic carbocycles. The van der Waals surface area contributed by atoms with E-state index < -0.39 is 0 Å². The van der Waals surface area contributed by atoms with E-state index in [0.717, 1.165) is 70.4 Å². The van der Waals surface area contributed by atoms with Crippen LogP contribution in [0.4, 0.5) is 4.79 Å². The van der Waals surface area contributed by atoms with Gasteiger partial charge in [-0.2, -0.15) is 4.98 Å². The number of likely N-dealkylation sites (N-methyl/N-ethyl adjacent to an activating group) is 1. The normalized spacial score (nSPS) is 22.1. The summed E-state index contributed by atoms with van der Waals surface area (Å²) in [4.78, 5) is 23.2. The highest BCUT2D eigenvalue weighted by atomic mass is 35.5. The van der Waals surface area contributed by atoms with Gasteiger partial charge in [0.2, 0.25) is 5.89 Å². The van der Waals surface area contributed by atoms with Gasteiger partial charge in [-0.05, 0) is 33.7 Å². The van der Waals surface area contributed by atoms with E-state index in [1.54, 1.807) is 0 Å². The summed E-state index contributed by atoms with van der Waals surface area (Å²) in [7, 11) is 2.10. The molecule has 2 fully saturated rings. The summed E-state index contributed by atoms with van der Waals surface area (Å²) in [5.41, 5.74) is 0. The molecular weight excluding hydrogens is 356 g/mol. The maximum atomic E-state index is 12.4. The summed E-state index contributed by atoms with van der Waals surface area (Å²) >= 11 is 0. The van der Waals surface area contributed by atoms with Crippen LogP contribution in [0.1, 0.15) is 50.4 Å². The zero-order chi connectivity index (χ0) is 17.8. The fraction of sp³-hybridized carbons (Fsp3) is 0.824. The van der Waals surface area contributed by atoms with Gasteiger partial charge in [0.05, 0.1) is 6.04 Å². The lowest BCUT2D eigenvalue weighted by atomic mass is 9.97. The molecule has 2 saturated heterocycles. The molecule has 8 nitrogen and oxygen atoms in total. The standard InChI is InChI=1S/C17H30N6O2.ClH/c1-4-22(5-2)17(24)23-9-6-13(7-10-23)16-19-15(20-25-16)14-12-18-8-11-21(14)3;/h13-14,18H,4-12H2,1-3H3;1H. The number of piperazine rings is 1. The van der Waals surface area contributed by atoms with Gasteiger partial charge in [-0.3, -0.25) is 4.90 Å². The van der Waals surface area contributed by atoms with E-state index in [1.165, 1.54) is 0 Å². The number of hydrogen-bond acceptors (Lipinski definition) is 6. The van der Waals surface area contributed by atoms with Gasteiger partial charge in [0.1, 0.15) is 0 Å². The number of rotatable bonds is 4. The van der Waals surface area contributed by atoms with Crippen LogP contribution in [0, 0.1) is 0 Å². The fourth-order valence-electron chi connectivity index (χ4n) is 3.65. The van der Waals surface area contributed by atoms with Gasteiger partial charge in [-0.15, -0.1) is 12.4 Å². The van der Waals surface area contributed by atoms with Gasteiger partial charge < -0.3 is 19.6 Å². The molecular formula is C17H31ClN6O2. The van der Waals surface area contributed by atoms with Crippen molar-refractivity contribution in [1.82, 2.24) is 30.2 Å². The second-order valence-corrected chi connectivity index (χ2v) is 6.91. The monoisotopic (exact) mass is 386 g/mol. The molecule has 0 aliphatic carbocycles. The van der Waals surface area contributed by atoms with Crippen molar-refractivity contribution >= 4 is 18.4 Å². The van der Waals surface area contributed by atoms with E-state index in [0.29, 0.717) is 0 Å². The molecule has 0 bridgehead atoms. The first-order valence-corrected chi connectivity index (χ1v) is 9.42. The lowest BCUT2D eigenvalue weighted by Gasteiger charge is -2.34. The zero-order valence-corrected chi connectivity index (χ0v) is 16.8. The van der Waals surface area contributed by atoms with Crippen LogP contribution in [-0.4, -0.2) is 83.7 Å². The Morgan fingerprint density at radius 1 is 1.27 bits per heavy atom. The number of carbonyl (C=O) groups is 1. The maximum Gasteiger partial charge on any atom is 0.319 e. The molecule has 1 N–H and O–H groups in total. The molecule has 9 heteroatoms. The van der Waals surface area contributed by atoms with Crippen LogP contribution in [-0.2, 0) is 0 Å². The molecule has 0 radical (unpaired) electrons. The predicted molar refractivity (Wildman–Crippen MR) is 102 cm³/mol. The fourth-order valence-corrected chi connectivity index (χ4v) is 3.65. The van der Waals surface area contributed by atoms with Crippen LogP contribution in [0.3, 0.4) is 0 Å². The summed E-state index contributed by atoms with van der Waals surface area (Å²) in [6, 6.07) is 0.320. The Bertz CT molecular complexity index is 571. The quantitative estimate of drug-likeness (QED) is 0.848. The van der Waals surface area contributed by atoms with E-state index in [1.807, 2.05) is 23.6 Å². The van der Waals surface area contributed by atoms with E-state index in [-0.39, 0.29) is 30.4 Å². The maximum absolute atomic E-state index is 12.4. The molecule has 2 aliphatic heterocycles. The third-order valence-electron chi connectivity index (χ3n) is 5.42. The van der Waals surface area contributed by atoms with E-state index in [2.05, 4.69) is 27.4 Å². The molecule has 2 aliphatic rings. The molecule has 2 amide bonds. The first-order chi connectivity index (χ1) is 12.1. The van der Waals surface area contributed by atoms with Crippen LogP contribution >= 0.6 is 12.4 Å². The SMILES string of the molecule is CCN(CC)C(=O)N1CCC(c2nc(C3CNCCN3C)no2)CC1.Cl. The van der Waals surface area contributed by atoms with Crippen molar-refractivity contribution in [2.75, 3.05) is 52.9 Å². The van der Waals surface area contributed by atoms with Crippen molar-refractivity contribution in [2.24, 2.45) is 0 Å². The molecule has 148 valence electrons. The molecule has 0 saturated carbocycles. The highest BCUT2D eigenvalue weighted by molar-refractivity contribution is 5.85. The summed E-state index contributed by atoms with van der Waals surface area (Å²) in [6.07, 6.45) is 1.76. The number of aromatic nitrogens is 2. The van der Waals surface area contributed by atoms with Crippen molar-refractivity contribution in [1.29, 1.82) is 0 Å². The van der Waals surface area contributed by atoms with E-state index in [4.69, 9.17) is 4.52 Å². The van der Waals surface area contributed by atoms with E-state index in [9.17, 15) is 4.79 Å². The molecule has 0 spiro atoms. The molecule has 1 aromatic heterocycles. The van der Waals surface area contributed by atoms with Gasteiger partial charge in [-0.25, -0.2) is 4.79 Å². The summed E-state index contributed by atoms with van der Waals surface area (Å²) in [5.74, 6) is 1.75. The average Bonchev–Trinajstić information content (AvgIpc) is 3.13. The van der Waals surface area contributed by atoms with Crippen LogP contribution in [0.25, 0.3) is 0 Å². The minimum absolute atomic E-state index is 0. The first kappa shape index (κ1) is 20.9. The van der Waals surface area contributed by atoms with Gasteiger partial charge in [0, 0.05) is 51.7 Å². The number of nitrogens with zero attached hydrogens (tertiary/aromatic N) is 5. The lowest BCUT2D eigenvalue weighted by molar-refractivity contribution is 0.140. The number of amides is 2. The predicted octanol–water partition coefficient (Wildman–Crippen LogP) is 1.71. The number of likely N-dealkylation sites (tertiary alicyclic amines) is 1.